The number of aromatic amines is 1. The minimum absolute atomic E-state index is 0.235. The Hall–Kier alpha value is -3.61. The van der Waals surface area contributed by atoms with Crippen molar-refractivity contribution >= 4 is 16.9 Å². The third-order valence-corrected chi connectivity index (χ3v) is 3.94. The third-order valence-electron chi connectivity index (χ3n) is 3.94. The van der Waals surface area contributed by atoms with E-state index in [1.54, 1.807) is 18.5 Å². The van der Waals surface area contributed by atoms with Gasteiger partial charge in [-0.2, -0.15) is 5.10 Å². The summed E-state index contributed by atoms with van der Waals surface area (Å²) in [7, 11) is 0. The van der Waals surface area contributed by atoms with Gasteiger partial charge in [0.2, 0.25) is 0 Å². The van der Waals surface area contributed by atoms with Gasteiger partial charge in [-0.1, -0.05) is 30.3 Å². The van der Waals surface area contributed by atoms with Crippen LogP contribution in [0.2, 0.25) is 0 Å². The minimum Gasteiger partial charge on any atom is -0.350 e. The first-order valence-electron chi connectivity index (χ1n) is 8.25. The van der Waals surface area contributed by atoms with Crippen LogP contribution in [0.15, 0.2) is 60.9 Å². The van der Waals surface area contributed by atoms with E-state index >= 15 is 0 Å². The predicted octanol–water partition coefficient (Wildman–Crippen LogP) is 2.39. The molecule has 0 aliphatic heterocycles. The summed E-state index contributed by atoms with van der Waals surface area (Å²) in [5, 5.41) is 10.4. The lowest BCUT2D eigenvalue weighted by atomic mass is 10.1. The first-order valence-corrected chi connectivity index (χ1v) is 8.25. The van der Waals surface area contributed by atoms with Crippen LogP contribution in [0.25, 0.3) is 22.3 Å². The van der Waals surface area contributed by atoms with E-state index in [1.165, 1.54) is 0 Å². The fourth-order valence-electron chi connectivity index (χ4n) is 2.62. The number of rotatable bonds is 5. The average molecular weight is 344 g/mol. The Kier molecular flexibility index (Phi) is 4.34. The summed E-state index contributed by atoms with van der Waals surface area (Å²) in [6.45, 7) is 0.430. The third kappa shape index (κ3) is 3.41. The SMILES string of the molecule is O=C(NCCc1nccc(-c2ccccc2)n1)c1ccc2cn[nH]c2n1. The van der Waals surface area contributed by atoms with Gasteiger partial charge in [0.25, 0.3) is 5.91 Å². The molecule has 0 aliphatic carbocycles. The Bertz CT molecular complexity index is 1040. The van der Waals surface area contributed by atoms with Crippen LogP contribution in [0, 0.1) is 0 Å². The standard InChI is InChI=1S/C19H16N6O/c26-19(16-7-6-14-12-22-25-18(14)24-16)21-11-9-17-20-10-8-15(23-17)13-4-2-1-3-5-13/h1-8,10,12H,9,11H2,(H,21,26)(H,22,24,25). The van der Waals surface area contributed by atoms with Gasteiger partial charge in [-0.05, 0) is 18.2 Å². The fraction of sp³-hybridized carbons (Fsp3) is 0.105. The molecule has 4 aromatic rings. The highest BCUT2D eigenvalue weighted by Gasteiger charge is 2.09. The number of fused-ring (bicyclic) bond motifs is 1. The van der Waals surface area contributed by atoms with E-state index in [2.05, 4.69) is 30.5 Å². The Balaban J connectivity index is 1.39. The van der Waals surface area contributed by atoms with Gasteiger partial charge >= 0.3 is 0 Å². The molecule has 1 aromatic carbocycles. The van der Waals surface area contributed by atoms with Crippen molar-refractivity contribution in [2.24, 2.45) is 0 Å². The molecular formula is C19H16N6O. The molecule has 2 N–H and O–H groups in total. The van der Waals surface area contributed by atoms with Crippen LogP contribution >= 0.6 is 0 Å². The molecule has 0 aliphatic rings. The summed E-state index contributed by atoms with van der Waals surface area (Å²) in [4.78, 5) is 25.3. The molecule has 0 saturated heterocycles. The zero-order valence-corrected chi connectivity index (χ0v) is 13.9. The zero-order chi connectivity index (χ0) is 17.8. The summed E-state index contributed by atoms with van der Waals surface area (Å²) in [6.07, 6.45) is 3.94. The van der Waals surface area contributed by atoms with Gasteiger partial charge in [-0.3, -0.25) is 9.89 Å². The van der Waals surface area contributed by atoms with Gasteiger partial charge in [0, 0.05) is 30.1 Å². The monoisotopic (exact) mass is 344 g/mol. The van der Waals surface area contributed by atoms with E-state index in [0.717, 1.165) is 16.6 Å². The predicted molar refractivity (Wildman–Crippen MR) is 97.4 cm³/mol. The number of benzene rings is 1. The summed E-state index contributed by atoms with van der Waals surface area (Å²) in [6, 6.07) is 15.3. The van der Waals surface area contributed by atoms with Gasteiger partial charge in [-0.15, -0.1) is 0 Å². The molecule has 0 atom stereocenters. The van der Waals surface area contributed by atoms with Crippen molar-refractivity contribution in [1.82, 2.24) is 30.5 Å². The van der Waals surface area contributed by atoms with E-state index in [9.17, 15) is 4.79 Å². The van der Waals surface area contributed by atoms with Crippen LogP contribution in [-0.2, 0) is 6.42 Å². The smallest absolute Gasteiger partial charge is 0.269 e. The molecule has 4 rings (SSSR count). The topological polar surface area (TPSA) is 96.5 Å². The molecule has 7 nitrogen and oxygen atoms in total. The first-order chi connectivity index (χ1) is 12.8. The van der Waals surface area contributed by atoms with Gasteiger partial charge in [-0.25, -0.2) is 15.0 Å². The van der Waals surface area contributed by atoms with Crippen LogP contribution in [-0.4, -0.2) is 37.6 Å². The van der Waals surface area contributed by atoms with E-state index in [1.807, 2.05) is 42.5 Å². The van der Waals surface area contributed by atoms with Crippen LogP contribution in [0.4, 0.5) is 0 Å². The summed E-state index contributed by atoms with van der Waals surface area (Å²) >= 11 is 0. The molecule has 0 spiro atoms. The second kappa shape index (κ2) is 7.10. The van der Waals surface area contributed by atoms with Crippen LogP contribution in [0.3, 0.4) is 0 Å². The van der Waals surface area contributed by atoms with E-state index < -0.39 is 0 Å². The second-order valence-electron chi connectivity index (χ2n) is 5.73. The Morgan fingerprint density at radius 3 is 2.81 bits per heavy atom. The van der Waals surface area contributed by atoms with Gasteiger partial charge in [0.15, 0.2) is 5.65 Å². The Labute approximate surface area is 149 Å². The summed E-state index contributed by atoms with van der Waals surface area (Å²) in [5.41, 5.74) is 2.85. The number of hydrogen-bond donors (Lipinski definition) is 2. The number of amides is 1. The van der Waals surface area contributed by atoms with Crippen molar-refractivity contribution < 1.29 is 4.79 Å². The van der Waals surface area contributed by atoms with E-state index in [4.69, 9.17) is 0 Å². The molecule has 0 unspecified atom stereocenters. The van der Waals surface area contributed by atoms with Crippen LogP contribution < -0.4 is 5.32 Å². The molecule has 26 heavy (non-hydrogen) atoms. The highest BCUT2D eigenvalue weighted by Crippen LogP contribution is 2.15. The maximum absolute atomic E-state index is 12.2. The molecule has 0 saturated carbocycles. The molecule has 7 heteroatoms. The number of H-pyrrole nitrogens is 1. The van der Waals surface area contributed by atoms with Crippen molar-refractivity contribution in [2.75, 3.05) is 6.54 Å². The molecule has 0 fully saturated rings. The number of nitrogens with zero attached hydrogens (tertiary/aromatic N) is 4. The maximum Gasteiger partial charge on any atom is 0.269 e. The molecule has 128 valence electrons. The zero-order valence-electron chi connectivity index (χ0n) is 13.9. The van der Waals surface area contributed by atoms with Gasteiger partial charge in [0.1, 0.15) is 11.5 Å². The van der Waals surface area contributed by atoms with Crippen molar-refractivity contribution in [2.45, 2.75) is 6.42 Å². The number of aromatic nitrogens is 5. The first kappa shape index (κ1) is 15.9. The molecular weight excluding hydrogens is 328 g/mol. The lowest BCUT2D eigenvalue weighted by Crippen LogP contribution is -2.27. The van der Waals surface area contributed by atoms with E-state index in [0.29, 0.717) is 30.1 Å². The minimum atomic E-state index is -0.235. The van der Waals surface area contributed by atoms with E-state index in [-0.39, 0.29) is 5.91 Å². The largest absolute Gasteiger partial charge is 0.350 e. The maximum atomic E-state index is 12.2. The fourth-order valence-corrected chi connectivity index (χ4v) is 2.62. The normalized spacial score (nSPS) is 10.8. The number of carbonyl (C=O) groups excluding carboxylic acids is 1. The number of hydrogen-bond acceptors (Lipinski definition) is 5. The van der Waals surface area contributed by atoms with Crippen molar-refractivity contribution in [3.8, 4) is 11.3 Å². The van der Waals surface area contributed by atoms with Crippen LogP contribution in [0.1, 0.15) is 16.3 Å². The van der Waals surface area contributed by atoms with Crippen molar-refractivity contribution in [3.63, 3.8) is 0 Å². The van der Waals surface area contributed by atoms with Crippen LogP contribution in [0.5, 0.6) is 0 Å². The highest BCUT2D eigenvalue weighted by molar-refractivity contribution is 5.94. The lowest BCUT2D eigenvalue weighted by Gasteiger charge is -2.06. The summed E-state index contributed by atoms with van der Waals surface area (Å²) < 4.78 is 0. The number of nitrogens with one attached hydrogen (secondary N) is 2. The average Bonchev–Trinajstić information content (AvgIpc) is 3.17. The quantitative estimate of drug-likeness (QED) is 0.579. The second-order valence-corrected chi connectivity index (χ2v) is 5.73. The Morgan fingerprint density at radius 1 is 1.04 bits per heavy atom. The molecule has 0 radical (unpaired) electrons. The molecule has 1 amide bonds. The summed E-state index contributed by atoms with van der Waals surface area (Å²) in [5.74, 6) is 0.448. The molecule has 3 heterocycles. The lowest BCUT2D eigenvalue weighted by molar-refractivity contribution is 0.0949. The van der Waals surface area contributed by atoms with Crippen molar-refractivity contribution in [1.29, 1.82) is 0 Å². The number of carbonyl (C=O) groups is 1. The molecule has 3 aromatic heterocycles. The Morgan fingerprint density at radius 2 is 1.92 bits per heavy atom. The van der Waals surface area contributed by atoms with Gasteiger partial charge in [0.05, 0.1) is 11.9 Å². The van der Waals surface area contributed by atoms with Crippen molar-refractivity contribution in [3.05, 3.63) is 72.4 Å². The van der Waals surface area contributed by atoms with Gasteiger partial charge < -0.3 is 5.32 Å². The number of pyridine rings is 1. The molecule has 0 bridgehead atoms. The highest BCUT2D eigenvalue weighted by atomic mass is 16.1.